The summed E-state index contributed by atoms with van der Waals surface area (Å²) in [5.41, 5.74) is 17.0. The molecule has 0 bridgehead atoms. The summed E-state index contributed by atoms with van der Waals surface area (Å²) in [6, 6.07) is 11.1. The van der Waals surface area contributed by atoms with Crippen LogP contribution >= 0.6 is 30.2 Å². The summed E-state index contributed by atoms with van der Waals surface area (Å²) in [5, 5.41) is 1.40. The number of aromatic nitrogens is 4. The molecule has 10 nitrogen and oxygen atoms in total. The van der Waals surface area contributed by atoms with Crippen LogP contribution in [0.25, 0.3) is 11.3 Å². The van der Waals surface area contributed by atoms with Crippen LogP contribution in [0, 0.1) is 0 Å². The molecule has 14 heteroatoms. The average Bonchev–Trinajstić information content (AvgIpc) is 3.95. The van der Waals surface area contributed by atoms with Crippen molar-refractivity contribution in [1.82, 2.24) is 19.9 Å². The molecule has 0 unspecified atom stereocenters. The van der Waals surface area contributed by atoms with E-state index in [4.69, 9.17) is 20.8 Å². The molecule has 2 saturated carbocycles. The third-order valence-corrected chi connectivity index (χ3v) is 12.9. The minimum absolute atomic E-state index is 0.388. The van der Waals surface area contributed by atoms with Gasteiger partial charge in [0.05, 0.1) is 40.7 Å². The highest BCUT2D eigenvalue weighted by molar-refractivity contribution is 9.10. The zero-order valence-corrected chi connectivity index (χ0v) is 33.6. The molecule has 0 amide bonds. The van der Waals surface area contributed by atoms with E-state index in [2.05, 4.69) is 35.9 Å². The van der Waals surface area contributed by atoms with Crippen LogP contribution in [0.5, 0.6) is 0 Å². The molecule has 3 aliphatic rings. The molecule has 2 aromatic carbocycles. The summed E-state index contributed by atoms with van der Waals surface area (Å²) in [6.07, 6.45) is 12.3. The first-order valence-corrected chi connectivity index (χ1v) is 22.8. The van der Waals surface area contributed by atoms with Gasteiger partial charge in [0.1, 0.15) is 18.9 Å². The summed E-state index contributed by atoms with van der Waals surface area (Å²) in [7, 11) is -5.27. The van der Waals surface area contributed by atoms with Gasteiger partial charge in [-0.2, -0.15) is 0 Å². The van der Waals surface area contributed by atoms with E-state index in [0.29, 0.717) is 33.8 Å². The lowest BCUT2D eigenvalue weighted by atomic mass is 9.79. The molecule has 1 saturated heterocycles. The van der Waals surface area contributed by atoms with Crippen LogP contribution in [-0.2, 0) is 18.4 Å². The van der Waals surface area contributed by atoms with E-state index < -0.39 is 21.4 Å². The first-order chi connectivity index (χ1) is 23.2. The van der Waals surface area contributed by atoms with Crippen molar-refractivity contribution in [1.29, 1.82) is 0 Å². The molecule has 0 radical (unpaired) electrons. The van der Waals surface area contributed by atoms with Gasteiger partial charge in [0.15, 0.2) is 0 Å². The van der Waals surface area contributed by atoms with Crippen LogP contribution in [0.4, 0.5) is 11.4 Å². The first-order valence-electron chi connectivity index (χ1n) is 16.8. The molecule has 1 aliphatic heterocycles. The topological polar surface area (TPSA) is 156 Å². The van der Waals surface area contributed by atoms with Crippen molar-refractivity contribution < 1.29 is 18.4 Å². The van der Waals surface area contributed by atoms with Crippen molar-refractivity contribution in [2.45, 2.75) is 76.4 Å². The average molecular weight is 781 g/mol. The Labute approximate surface area is 305 Å². The number of nitrogens with two attached hydrogens (primary N) is 2. The van der Waals surface area contributed by atoms with E-state index >= 15 is 0 Å². The molecule has 0 atom stereocenters. The molecule has 2 aromatic heterocycles. The zero-order valence-electron chi connectivity index (χ0n) is 30.2. The number of nitrogens with zero attached hydrogens (tertiary/aromatic N) is 4. The molecule has 4 aromatic rings. The lowest BCUT2D eigenvalue weighted by Gasteiger charge is -2.32. The van der Waals surface area contributed by atoms with Crippen molar-refractivity contribution in [2.24, 2.45) is 0 Å². The molecular weight excluding hydrogens is 733 g/mol. The first kappa shape index (κ1) is 38.4. The number of hydrogen-bond donors (Lipinski definition) is 2. The van der Waals surface area contributed by atoms with Crippen molar-refractivity contribution in [3.63, 3.8) is 0 Å². The molecule has 2 aliphatic carbocycles. The summed E-state index contributed by atoms with van der Waals surface area (Å²) in [6.45, 7) is 14.9. The van der Waals surface area contributed by atoms with Crippen molar-refractivity contribution in [2.75, 3.05) is 38.1 Å². The Morgan fingerprint density at radius 2 is 1.18 bits per heavy atom. The Morgan fingerprint density at radius 3 is 1.62 bits per heavy atom. The fourth-order valence-corrected chi connectivity index (χ4v) is 7.82. The third-order valence-electron chi connectivity index (χ3n) is 9.37. The summed E-state index contributed by atoms with van der Waals surface area (Å²) in [4.78, 5) is 17.3. The van der Waals surface area contributed by atoms with Gasteiger partial charge in [-0.15, -0.1) is 0 Å². The van der Waals surface area contributed by atoms with Crippen LogP contribution < -0.4 is 27.5 Å². The van der Waals surface area contributed by atoms with Crippen molar-refractivity contribution in [3.8, 4) is 11.3 Å². The molecule has 7 rings (SSSR count). The maximum absolute atomic E-state index is 12.3. The third kappa shape index (κ3) is 9.51. The van der Waals surface area contributed by atoms with Gasteiger partial charge in [0.2, 0.25) is 0 Å². The maximum Gasteiger partial charge on any atom is 0.494 e. The highest BCUT2D eigenvalue weighted by atomic mass is 79.9. The smallest absolute Gasteiger partial charge is 0.399 e. The number of halogens is 1. The minimum atomic E-state index is -2.42. The normalized spacial score (nSPS) is 18.1. The number of rotatable bonds is 6. The van der Waals surface area contributed by atoms with E-state index in [1.807, 2.05) is 64.4 Å². The largest absolute Gasteiger partial charge is 0.494 e. The van der Waals surface area contributed by atoms with Gasteiger partial charge in [-0.05, 0) is 126 Å². The van der Waals surface area contributed by atoms with Gasteiger partial charge in [-0.1, -0.05) is 12.1 Å². The predicted octanol–water partition coefficient (Wildman–Crippen LogP) is 6.78. The molecule has 3 fully saturated rings. The predicted molar refractivity (Wildman–Crippen MR) is 210 cm³/mol. The SMILES string of the molecule is Brc1cnc(C2CC2)cn1.CC1(C)OB(c2ccc(N)c(P(C)(C)=O)c2)OC1(C)C.CP(C)(=O)c1cc(-c2cnc(C3CC3)cn2)ccc1N. The van der Waals surface area contributed by atoms with E-state index in [-0.39, 0.29) is 11.2 Å². The Morgan fingerprint density at radius 1 is 0.700 bits per heavy atom. The Kier molecular flexibility index (Phi) is 11.2. The lowest BCUT2D eigenvalue weighted by molar-refractivity contribution is 0.00578. The molecule has 4 N–H and O–H groups in total. The minimum Gasteiger partial charge on any atom is -0.399 e. The second kappa shape index (κ2) is 14.6. The Bertz CT molecular complexity index is 1910. The molecule has 50 heavy (non-hydrogen) atoms. The Hall–Kier alpha value is -2.88. The fraction of sp³-hybridized carbons (Fsp3) is 0.444. The molecule has 3 heterocycles. The lowest BCUT2D eigenvalue weighted by Crippen LogP contribution is -2.41. The van der Waals surface area contributed by atoms with Gasteiger partial charge in [0.25, 0.3) is 0 Å². The standard InChI is InChI=1S/C15H18N3OP.C14H23BNO3P.C7H7BrN2/c1-20(2,19)15-7-11(5-6-12(15)16)14-9-17-13(8-18-14)10-3-4-10;1-13(2)14(3,4)19-15(18-13)10-7-8-11(16)12(9-10)20(5,6)17;8-7-4-9-6(3-10-7)5-1-2-5/h5-10H,3-4,16H2,1-2H3;7-9H,16H2,1-6H3;3-5H,1-2H2. The van der Waals surface area contributed by atoms with Crippen LogP contribution in [-0.4, -0.2) is 64.9 Å². The van der Waals surface area contributed by atoms with Crippen LogP contribution in [0.1, 0.15) is 76.6 Å². The quantitative estimate of drug-likeness (QED) is 0.121. The number of nitrogen functional groups attached to an aromatic ring is 2. The maximum atomic E-state index is 12.3. The van der Waals surface area contributed by atoms with Gasteiger partial charge in [-0.25, -0.2) is 4.98 Å². The monoisotopic (exact) mass is 780 g/mol. The Balaban J connectivity index is 0.000000154. The molecule has 266 valence electrons. The van der Waals surface area contributed by atoms with E-state index in [1.165, 1.54) is 25.7 Å². The van der Waals surface area contributed by atoms with E-state index in [0.717, 1.165) is 32.7 Å². The van der Waals surface area contributed by atoms with Crippen LogP contribution in [0.15, 0.2) is 65.8 Å². The van der Waals surface area contributed by atoms with E-state index in [1.54, 1.807) is 51.2 Å². The number of anilines is 2. The summed E-state index contributed by atoms with van der Waals surface area (Å²) >= 11 is 3.24. The van der Waals surface area contributed by atoms with Crippen LogP contribution in [0.3, 0.4) is 0 Å². The van der Waals surface area contributed by atoms with Gasteiger partial charge >= 0.3 is 7.12 Å². The van der Waals surface area contributed by atoms with E-state index in [9.17, 15) is 9.13 Å². The molecule has 0 spiro atoms. The van der Waals surface area contributed by atoms with Gasteiger partial charge in [-0.3, -0.25) is 15.0 Å². The zero-order chi connectivity index (χ0) is 36.6. The van der Waals surface area contributed by atoms with Gasteiger partial charge in [0, 0.05) is 51.8 Å². The van der Waals surface area contributed by atoms with Crippen LogP contribution in [0.2, 0.25) is 0 Å². The van der Waals surface area contributed by atoms with Crippen molar-refractivity contribution >= 4 is 64.8 Å². The van der Waals surface area contributed by atoms with Gasteiger partial charge < -0.3 is 29.9 Å². The summed E-state index contributed by atoms with van der Waals surface area (Å²) in [5.74, 6) is 1.31. The highest BCUT2D eigenvalue weighted by Gasteiger charge is 2.51. The number of hydrogen-bond acceptors (Lipinski definition) is 10. The second-order valence-corrected chi connectivity index (χ2v) is 22.2. The number of benzene rings is 2. The fourth-order valence-electron chi connectivity index (χ4n) is 5.31. The van der Waals surface area contributed by atoms with Crippen molar-refractivity contribution in [3.05, 3.63) is 77.2 Å². The highest BCUT2D eigenvalue weighted by Crippen LogP contribution is 2.41. The summed E-state index contributed by atoms with van der Waals surface area (Å²) < 4.78 is 37.4. The molecular formula is C36H48BBrN6O4P2. The second-order valence-electron chi connectivity index (χ2n) is 15.0.